The Morgan fingerprint density at radius 1 is 0.674 bits per heavy atom. The number of carboxylic acids is 1. The lowest BCUT2D eigenvalue weighted by Crippen LogP contribution is -2.50. The number of nitrogens with zero attached hydrogens (tertiary/aromatic N) is 1. The highest BCUT2D eigenvalue weighted by Crippen LogP contribution is 2.12. The molecule has 0 aliphatic carbocycles. The van der Waals surface area contributed by atoms with Crippen LogP contribution in [-0.2, 0) is 28.6 Å². The van der Waals surface area contributed by atoms with Gasteiger partial charge in [0.05, 0.1) is 34.4 Å². The van der Waals surface area contributed by atoms with E-state index in [1.807, 2.05) is 33.3 Å². The van der Waals surface area contributed by atoms with Gasteiger partial charge in [0.15, 0.2) is 12.1 Å². The Bertz CT molecular complexity index is 901. The monoisotopic (exact) mass is 648 g/mol. The Labute approximate surface area is 280 Å². The van der Waals surface area contributed by atoms with Crippen molar-refractivity contribution in [3.05, 3.63) is 48.6 Å². The number of quaternary nitrogens is 1. The van der Waals surface area contributed by atoms with Crippen molar-refractivity contribution >= 4 is 17.9 Å². The van der Waals surface area contributed by atoms with Crippen molar-refractivity contribution in [1.82, 2.24) is 0 Å². The first kappa shape index (κ1) is 43.3. The third kappa shape index (κ3) is 27.6. The van der Waals surface area contributed by atoms with Gasteiger partial charge in [-0.1, -0.05) is 101 Å². The molecule has 0 spiro atoms. The number of hydrogen-bond acceptors (Lipinski definition) is 6. The molecule has 0 bridgehead atoms. The van der Waals surface area contributed by atoms with Gasteiger partial charge in [-0.05, 0) is 51.4 Å². The van der Waals surface area contributed by atoms with E-state index in [0.29, 0.717) is 25.7 Å². The Morgan fingerprint density at radius 3 is 1.91 bits per heavy atom. The zero-order valence-electron chi connectivity index (χ0n) is 29.8. The van der Waals surface area contributed by atoms with Crippen LogP contribution in [0.25, 0.3) is 0 Å². The van der Waals surface area contributed by atoms with E-state index in [0.717, 1.165) is 57.8 Å². The molecule has 8 heteroatoms. The topological polar surface area (TPSA) is 99.1 Å². The molecule has 0 aromatic heterocycles. The van der Waals surface area contributed by atoms with Gasteiger partial charge in [-0.25, -0.2) is 4.79 Å². The highest BCUT2D eigenvalue weighted by molar-refractivity contribution is 5.72. The molecule has 0 aliphatic rings. The molecule has 2 atom stereocenters. The smallest absolute Gasteiger partial charge is 0.362 e. The molecule has 0 aromatic rings. The summed E-state index contributed by atoms with van der Waals surface area (Å²) in [6.45, 7) is 4.48. The highest BCUT2D eigenvalue weighted by Gasteiger charge is 2.31. The molecular weight excluding hydrogens is 582 g/mol. The standard InChI is InChI=1S/C38H65NO7/c1-6-8-10-12-14-16-17-18-19-21-23-25-27-29-37(41)46-34(32-44-31-30-35(38(42)43)39(3,4)5)33-45-36(40)28-26-24-22-20-15-13-11-9-7-2/h8,10,12,14,16-17,20,22,34-35H,6-7,9,11,13,15,18-19,21,23-33H2,1-5H3/p+1/b10-8+,14-12+,17-16+,22-20+. The van der Waals surface area contributed by atoms with Crippen LogP contribution in [-0.4, -0.2) is 80.6 Å². The lowest BCUT2D eigenvalue weighted by Gasteiger charge is -2.31. The van der Waals surface area contributed by atoms with E-state index in [2.05, 4.69) is 50.3 Å². The Balaban J connectivity index is 4.54. The number of ether oxygens (including phenoxy) is 3. The van der Waals surface area contributed by atoms with Crippen LogP contribution in [0.5, 0.6) is 0 Å². The molecule has 1 N–H and O–H groups in total. The maximum Gasteiger partial charge on any atom is 0.362 e. The second-order valence-corrected chi connectivity index (χ2v) is 12.8. The normalized spacial score (nSPS) is 13.7. The number of carbonyl (C=O) groups excluding carboxylic acids is 2. The van der Waals surface area contributed by atoms with Crippen LogP contribution in [0.1, 0.15) is 123 Å². The summed E-state index contributed by atoms with van der Waals surface area (Å²) < 4.78 is 17.1. The number of likely N-dealkylation sites (N-methyl/N-ethyl adjacent to an activating group) is 1. The predicted octanol–water partition coefficient (Wildman–Crippen LogP) is 8.51. The summed E-state index contributed by atoms with van der Waals surface area (Å²) in [6.07, 6.45) is 31.7. The van der Waals surface area contributed by atoms with Crippen molar-refractivity contribution in [1.29, 1.82) is 0 Å². The number of carbonyl (C=O) groups is 3. The molecule has 0 radical (unpaired) electrons. The summed E-state index contributed by atoms with van der Waals surface area (Å²) in [4.78, 5) is 36.6. The number of hydrogen-bond donors (Lipinski definition) is 1. The molecule has 0 heterocycles. The largest absolute Gasteiger partial charge is 0.477 e. The van der Waals surface area contributed by atoms with Gasteiger partial charge in [0.2, 0.25) is 0 Å². The molecule has 0 fully saturated rings. The number of carboxylic acid groups (broad SMARTS) is 1. The fraction of sp³-hybridized carbons (Fsp3) is 0.711. The average molecular weight is 649 g/mol. The van der Waals surface area contributed by atoms with Crippen LogP contribution in [0.3, 0.4) is 0 Å². The third-order valence-corrected chi connectivity index (χ3v) is 7.52. The first-order chi connectivity index (χ1) is 22.1. The first-order valence-electron chi connectivity index (χ1n) is 17.7. The van der Waals surface area contributed by atoms with Crippen LogP contribution in [0.2, 0.25) is 0 Å². The summed E-state index contributed by atoms with van der Waals surface area (Å²) in [6, 6.07) is -0.620. The van der Waals surface area contributed by atoms with Crippen LogP contribution in [0, 0.1) is 0 Å². The van der Waals surface area contributed by atoms with E-state index < -0.39 is 18.1 Å². The van der Waals surface area contributed by atoms with E-state index in [1.165, 1.54) is 25.7 Å². The van der Waals surface area contributed by atoms with E-state index in [9.17, 15) is 19.5 Å². The van der Waals surface area contributed by atoms with Gasteiger partial charge in [-0.3, -0.25) is 9.59 Å². The van der Waals surface area contributed by atoms with Gasteiger partial charge in [-0.15, -0.1) is 0 Å². The molecule has 8 nitrogen and oxygen atoms in total. The Morgan fingerprint density at radius 2 is 1.26 bits per heavy atom. The zero-order chi connectivity index (χ0) is 34.3. The number of esters is 2. The van der Waals surface area contributed by atoms with Gasteiger partial charge in [-0.2, -0.15) is 0 Å². The fourth-order valence-corrected chi connectivity index (χ4v) is 4.74. The number of unbranched alkanes of at least 4 members (excludes halogenated alkanes) is 10. The van der Waals surface area contributed by atoms with Crippen molar-refractivity contribution in [2.45, 2.75) is 135 Å². The SMILES string of the molecule is CC/C=C/C=C/C=C/CCCCCCCC(=O)OC(COCCC(C(=O)O)[N+](C)(C)C)COC(=O)CCC/C=C/CCCCCC. The summed E-state index contributed by atoms with van der Waals surface area (Å²) in [5.41, 5.74) is 0. The van der Waals surface area contributed by atoms with Gasteiger partial charge in [0, 0.05) is 19.3 Å². The lowest BCUT2D eigenvalue weighted by atomic mass is 10.1. The minimum Gasteiger partial charge on any atom is -0.477 e. The Hall–Kier alpha value is -2.71. The van der Waals surface area contributed by atoms with E-state index in [-0.39, 0.29) is 36.2 Å². The van der Waals surface area contributed by atoms with Gasteiger partial charge in [0.1, 0.15) is 6.61 Å². The molecule has 0 aliphatic heterocycles. The van der Waals surface area contributed by atoms with Crippen LogP contribution in [0.15, 0.2) is 48.6 Å². The summed E-state index contributed by atoms with van der Waals surface area (Å²) >= 11 is 0. The molecule has 0 aromatic carbocycles. The van der Waals surface area contributed by atoms with Crippen LogP contribution >= 0.6 is 0 Å². The molecule has 0 saturated heterocycles. The molecule has 2 unspecified atom stereocenters. The molecule has 0 amide bonds. The van der Waals surface area contributed by atoms with Crippen molar-refractivity contribution in [2.75, 3.05) is 41.0 Å². The molecular formula is C38H66NO7+. The first-order valence-corrected chi connectivity index (χ1v) is 17.7. The van der Waals surface area contributed by atoms with Crippen molar-refractivity contribution in [2.24, 2.45) is 0 Å². The second kappa shape index (κ2) is 29.7. The summed E-state index contributed by atoms with van der Waals surface area (Å²) in [7, 11) is 5.49. The summed E-state index contributed by atoms with van der Waals surface area (Å²) in [5, 5.41) is 9.55. The maximum absolute atomic E-state index is 12.6. The minimum absolute atomic E-state index is 0.0425. The number of allylic oxidation sites excluding steroid dienone is 8. The Kier molecular flexibility index (Phi) is 27.9. The van der Waals surface area contributed by atoms with Gasteiger partial charge in [0.25, 0.3) is 0 Å². The summed E-state index contributed by atoms with van der Waals surface area (Å²) in [5.74, 6) is -1.55. The predicted molar refractivity (Wildman–Crippen MR) is 188 cm³/mol. The van der Waals surface area contributed by atoms with Gasteiger partial charge < -0.3 is 23.8 Å². The molecule has 46 heavy (non-hydrogen) atoms. The quantitative estimate of drug-likeness (QED) is 0.0274. The molecule has 0 saturated carbocycles. The van der Waals surface area contributed by atoms with Gasteiger partial charge >= 0.3 is 17.9 Å². The molecule has 0 rings (SSSR count). The minimum atomic E-state index is -0.886. The number of rotatable bonds is 30. The van der Waals surface area contributed by atoms with Crippen molar-refractivity contribution in [3.8, 4) is 0 Å². The highest BCUT2D eigenvalue weighted by atomic mass is 16.6. The van der Waals surface area contributed by atoms with E-state index in [1.54, 1.807) is 0 Å². The zero-order valence-corrected chi connectivity index (χ0v) is 29.8. The van der Waals surface area contributed by atoms with Crippen molar-refractivity contribution in [3.63, 3.8) is 0 Å². The third-order valence-electron chi connectivity index (χ3n) is 7.52. The second-order valence-electron chi connectivity index (χ2n) is 12.8. The fourth-order valence-electron chi connectivity index (χ4n) is 4.74. The van der Waals surface area contributed by atoms with E-state index in [4.69, 9.17) is 14.2 Å². The lowest BCUT2D eigenvalue weighted by molar-refractivity contribution is -0.887. The average Bonchev–Trinajstić information content (AvgIpc) is 3.00. The molecule has 264 valence electrons. The van der Waals surface area contributed by atoms with Crippen LogP contribution < -0.4 is 0 Å². The van der Waals surface area contributed by atoms with Crippen molar-refractivity contribution < 1.29 is 38.2 Å². The number of aliphatic carboxylic acids is 1. The van der Waals surface area contributed by atoms with E-state index >= 15 is 0 Å². The maximum atomic E-state index is 12.6. The van der Waals surface area contributed by atoms with Crippen LogP contribution in [0.4, 0.5) is 0 Å².